The van der Waals surface area contributed by atoms with E-state index in [1.165, 1.54) is 4.90 Å². The number of carbonyl (C=O) groups is 1. The second kappa shape index (κ2) is 4.49. The molecule has 5 heteroatoms. The first-order chi connectivity index (χ1) is 9.83. The highest BCUT2D eigenvalue weighted by molar-refractivity contribution is 5.83. The number of hydrogen-bond acceptors (Lipinski definition) is 3. The van der Waals surface area contributed by atoms with Gasteiger partial charge in [-0.25, -0.2) is 4.79 Å². The first kappa shape index (κ1) is 13.9. The molecule has 5 nitrogen and oxygen atoms in total. The molecule has 1 aromatic heterocycles. The zero-order chi connectivity index (χ0) is 15.3. The molecule has 0 bridgehead atoms. The molecule has 0 unspecified atom stereocenters. The number of hydrogen-bond donors (Lipinski definition) is 2. The lowest BCUT2D eigenvalue weighted by Crippen LogP contribution is -2.54. The Balaban J connectivity index is 1.80. The van der Waals surface area contributed by atoms with Gasteiger partial charge in [-0.05, 0) is 38.8 Å². The van der Waals surface area contributed by atoms with Crippen molar-refractivity contribution in [3.63, 3.8) is 0 Å². The maximum Gasteiger partial charge on any atom is 0.412 e. The topological polar surface area (TPSA) is 65.6 Å². The van der Waals surface area contributed by atoms with Gasteiger partial charge in [-0.2, -0.15) is 0 Å². The van der Waals surface area contributed by atoms with Crippen LogP contribution in [0.4, 0.5) is 4.79 Å². The summed E-state index contributed by atoms with van der Waals surface area (Å²) in [6, 6.07) is 8.03. The maximum absolute atomic E-state index is 12.0. The number of aliphatic hydroxyl groups is 1. The van der Waals surface area contributed by atoms with Gasteiger partial charge in [-0.15, -0.1) is 0 Å². The minimum Gasteiger partial charge on any atom is -0.438 e. The van der Waals surface area contributed by atoms with Crippen LogP contribution >= 0.6 is 0 Å². The van der Waals surface area contributed by atoms with E-state index < -0.39 is 17.4 Å². The fraction of sp³-hybridized carbons (Fsp3) is 0.438. The second-order valence-electron chi connectivity index (χ2n) is 6.16. The number of nitrogens with zero attached hydrogens (tertiary/aromatic N) is 1. The SMILES string of the molecule is CC1(C)OC(=O)N(CCc2c[nH]c3ccccc23)[C@]1(C)O. The van der Waals surface area contributed by atoms with Crippen molar-refractivity contribution in [3.05, 3.63) is 36.0 Å². The van der Waals surface area contributed by atoms with Crippen molar-refractivity contribution in [3.8, 4) is 0 Å². The number of aromatic nitrogens is 1. The van der Waals surface area contributed by atoms with Gasteiger partial charge in [0.15, 0.2) is 11.3 Å². The normalized spacial score (nSPS) is 24.6. The van der Waals surface area contributed by atoms with Gasteiger partial charge in [-0.1, -0.05) is 18.2 Å². The Morgan fingerprint density at radius 2 is 2.00 bits per heavy atom. The van der Waals surface area contributed by atoms with Gasteiger partial charge < -0.3 is 14.8 Å². The number of rotatable bonds is 3. The van der Waals surface area contributed by atoms with E-state index in [0.717, 1.165) is 16.5 Å². The molecular formula is C16H20N2O3. The first-order valence-electron chi connectivity index (χ1n) is 7.11. The lowest BCUT2D eigenvalue weighted by atomic mass is 9.95. The molecule has 0 saturated carbocycles. The van der Waals surface area contributed by atoms with Crippen LogP contribution in [-0.4, -0.2) is 39.0 Å². The number of para-hydroxylation sites is 1. The average Bonchev–Trinajstić information content (AvgIpc) is 2.87. The maximum atomic E-state index is 12.0. The van der Waals surface area contributed by atoms with Crippen molar-refractivity contribution in [1.82, 2.24) is 9.88 Å². The van der Waals surface area contributed by atoms with E-state index in [0.29, 0.717) is 13.0 Å². The molecule has 1 fully saturated rings. The van der Waals surface area contributed by atoms with Gasteiger partial charge >= 0.3 is 6.09 Å². The summed E-state index contributed by atoms with van der Waals surface area (Å²) < 4.78 is 5.26. The minimum absolute atomic E-state index is 0.414. The predicted octanol–water partition coefficient (Wildman–Crippen LogP) is 2.65. The summed E-state index contributed by atoms with van der Waals surface area (Å²) >= 11 is 0. The first-order valence-corrected chi connectivity index (χ1v) is 7.11. The molecule has 1 aliphatic rings. The molecule has 2 N–H and O–H groups in total. The third-order valence-electron chi connectivity index (χ3n) is 4.51. The molecule has 0 radical (unpaired) electrons. The summed E-state index contributed by atoms with van der Waals surface area (Å²) in [5.41, 5.74) is -0.0250. The molecule has 1 atom stereocenters. The van der Waals surface area contributed by atoms with Gasteiger partial charge in [0.2, 0.25) is 0 Å². The Morgan fingerprint density at radius 1 is 1.29 bits per heavy atom. The van der Waals surface area contributed by atoms with E-state index in [1.807, 2.05) is 30.5 Å². The van der Waals surface area contributed by atoms with Crippen molar-refractivity contribution in [2.24, 2.45) is 0 Å². The van der Waals surface area contributed by atoms with Crippen LogP contribution in [0.2, 0.25) is 0 Å². The smallest absolute Gasteiger partial charge is 0.412 e. The van der Waals surface area contributed by atoms with Crippen molar-refractivity contribution in [1.29, 1.82) is 0 Å². The lowest BCUT2D eigenvalue weighted by molar-refractivity contribution is -0.126. The van der Waals surface area contributed by atoms with Crippen LogP contribution in [0.25, 0.3) is 10.9 Å². The monoisotopic (exact) mass is 288 g/mol. The van der Waals surface area contributed by atoms with E-state index in [-0.39, 0.29) is 0 Å². The number of ether oxygens (including phenoxy) is 1. The molecule has 2 heterocycles. The zero-order valence-corrected chi connectivity index (χ0v) is 12.5. The van der Waals surface area contributed by atoms with Crippen LogP contribution in [0.3, 0.4) is 0 Å². The van der Waals surface area contributed by atoms with E-state index in [9.17, 15) is 9.90 Å². The Morgan fingerprint density at radius 3 is 2.67 bits per heavy atom. The second-order valence-corrected chi connectivity index (χ2v) is 6.16. The standard InChI is InChI=1S/C16H20N2O3/c1-15(2)16(3,20)18(14(19)21-15)9-8-11-10-17-13-7-5-4-6-12(11)13/h4-7,10,17,20H,8-9H2,1-3H3/t16-/m1/s1. The number of amides is 1. The molecule has 2 aromatic rings. The van der Waals surface area contributed by atoms with Crippen LogP contribution < -0.4 is 0 Å². The molecule has 1 aliphatic heterocycles. The summed E-state index contributed by atoms with van der Waals surface area (Å²) in [7, 11) is 0. The largest absolute Gasteiger partial charge is 0.438 e. The van der Waals surface area contributed by atoms with Gasteiger partial charge in [0.25, 0.3) is 0 Å². The number of H-pyrrole nitrogens is 1. The molecule has 112 valence electrons. The Hall–Kier alpha value is -2.01. The van der Waals surface area contributed by atoms with E-state index in [4.69, 9.17) is 4.74 Å². The Labute approximate surface area is 123 Å². The van der Waals surface area contributed by atoms with Gasteiger partial charge in [0, 0.05) is 23.6 Å². The molecule has 1 amide bonds. The number of carbonyl (C=O) groups excluding carboxylic acids is 1. The number of nitrogens with one attached hydrogen (secondary N) is 1. The zero-order valence-electron chi connectivity index (χ0n) is 12.5. The van der Waals surface area contributed by atoms with Crippen LogP contribution in [0.15, 0.2) is 30.5 Å². The van der Waals surface area contributed by atoms with Crippen LogP contribution in [-0.2, 0) is 11.2 Å². The third-order valence-corrected chi connectivity index (χ3v) is 4.51. The summed E-state index contributed by atoms with van der Waals surface area (Å²) in [6.07, 6.45) is 2.14. The molecule has 1 saturated heterocycles. The molecule has 3 rings (SSSR count). The van der Waals surface area contributed by atoms with Gasteiger partial charge in [-0.3, -0.25) is 4.90 Å². The van der Waals surface area contributed by atoms with Crippen molar-refractivity contribution in [2.75, 3.05) is 6.54 Å². The highest BCUT2D eigenvalue weighted by Gasteiger charge is 2.56. The minimum atomic E-state index is -1.31. The van der Waals surface area contributed by atoms with Crippen LogP contribution in [0, 0.1) is 0 Å². The Kier molecular flexibility index (Phi) is 2.99. The summed E-state index contributed by atoms with van der Waals surface area (Å²) in [6.45, 7) is 5.47. The van der Waals surface area contributed by atoms with E-state index in [2.05, 4.69) is 4.98 Å². The number of benzene rings is 1. The fourth-order valence-electron chi connectivity index (χ4n) is 2.75. The van der Waals surface area contributed by atoms with Gasteiger partial charge in [0.05, 0.1) is 0 Å². The highest BCUT2D eigenvalue weighted by Crippen LogP contribution is 2.37. The summed E-state index contributed by atoms with van der Waals surface area (Å²) in [4.78, 5) is 16.6. The summed E-state index contributed by atoms with van der Waals surface area (Å²) in [5, 5.41) is 11.7. The number of aromatic amines is 1. The Bertz CT molecular complexity index is 688. The van der Waals surface area contributed by atoms with E-state index in [1.54, 1.807) is 20.8 Å². The van der Waals surface area contributed by atoms with Crippen molar-refractivity contribution < 1.29 is 14.6 Å². The van der Waals surface area contributed by atoms with E-state index >= 15 is 0 Å². The predicted molar refractivity (Wildman–Crippen MR) is 79.9 cm³/mol. The molecule has 1 aromatic carbocycles. The molecular weight excluding hydrogens is 268 g/mol. The van der Waals surface area contributed by atoms with Gasteiger partial charge in [0.1, 0.15) is 0 Å². The van der Waals surface area contributed by atoms with Crippen molar-refractivity contribution >= 4 is 17.0 Å². The molecule has 0 aliphatic carbocycles. The molecule has 21 heavy (non-hydrogen) atoms. The molecule has 0 spiro atoms. The lowest BCUT2D eigenvalue weighted by Gasteiger charge is -2.34. The summed E-state index contributed by atoms with van der Waals surface area (Å²) in [5.74, 6) is 0. The van der Waals surface area contributed by atoms with Crippen molar-refractivity contribution in [2.45, 2.75) is 38.5 Å². The highest BCUT2D eigenvalue weighted by atomic mass is 16.6. The number of fused-ring (bicyclic) bond motifs is 1. The average molecular weight is 288 g/mol. The quantitative estimate of drug-likeness (QED) is 0.912. The fourth-order valence-corrected chi connectivity index (χ4v) is 2.75. The van der Waals surface area contributed by atoms with Crippen LogP contribution in [0.1, 0.15) is 26.3 Å². The van der Waals surface area contributed by atoms with Crippen LogP contribution in [0.5, 0.6) is 0 Å². The number of cyclic esters (lactones) is 1. The third kappa shape index (κ3) is 2.08.